The van der Waals surface area contributed by atoms with Gasteiger partial charge >= 0.3 is 0 Å². The maximum absolute atomic E-state index is 9.83. The van der Waals surface area contributed by atoms with Crippen LogP contribution in [0.1, 0.15) is 31.2 Å². The van der Waals surface area contributed by atoms with Gasteiger partial charge in [0.15, 0.2) is 0 Å². The van der Waals surface area contributed by atoms with Crippen LogP contribution in [0.25, 0.3) is 0 Å². The van der Waals surface area contributed by atoms with Crippen LogP contribution in [0, 0.1) is 0 Å². The van der Waals surface area contributed by atoms with E-state index in [0.29, 0.717) is 16.8 Å². The first-order chi connectivity index (χ1) is 8.70. The molecule has 1 aliphatic rings. The molecule has 0 amide bonds. The van der Waals surface area contributed by atoms with E-state index in [0.717, 1.165) is 31.5 Å². The summed E-state index contributed by atoms with van der Waals surface area (Å²) in [6, 6.07) is 5.71. The van der Waals surface area contributed by atoms with Gasteiger partial charge in [0.1, 0.15) is 5.75 Å². The van der Waals surface area contributed by atoms with Crippen molar-refractivity contribution >= 4 is 11.6 Å². The van der Waals surface area contributed by atoms with Gasteiger partial charge in [-0.05, 0) is 50.4 Å². The second-order valence-electron chi connectivity index (χ2n) is 4.91. The number of phenolic OH excluding ortho intramolecular Hbond substituents is 1. The molecule has 1 unspecified atom stereocenters. The summed E-state index contributed by atoms with van der Waals surface area (Å²) in [4.78, 5) is 2.38. The average Bonchev–Trinajstić information content (AvgIpc) is 2.79. The molecule has 1 saturated heterocycles. The molecule has 0 bridgehead atoms. The van der Waals surface area contributed by atoms with Crippen molar-refractivity contribution in [2.75, 3.05) is 13.2 Å². The highest BCUT2D eigenvalue weighted by Crippen LogP contribution is 2.28. The number of hydrogen-bond acceptors (Lipinski definition) is 3. The summed E-state index contributed by atoms with van der Waals surface area (Å²) in [6.07, 6.45) is 4.25. The molecule has 0 radical (unpaired) electrons. The molecule has 18 heavy (non-hydrogen) atoms. The first-order valence-electron chi connectivity index (χ1n) is 6.53. The zero-order valence-electron chi connectivity index (χ0n) is 10.5. The number of halogens is 1. The van der Waals surface area contributed by atoms with E-state index in [1.807, 2.05) is 6.07 Å². The number of aliphatic hydroxyl groups excluding tert-OH is 1. The molecule has 0 aromatic heterocycles. The van der Waals surface area contributed by atoms with E-state index in [2.05, 4.69) is 4.90 Å². The fraction of sp³-hybridized carbons (Fsp3) is 0.571. The van der Waals surface area contributed by atoms with Crippen LogP contribution in [-0.2, 0) is 6.54 Å². The van der Waals surface area contributed by atoms with Crippen molar-refractivity contribution in [1.82, 2.24) is 4.90 Å². The summed E-state index contributed by atoms with van der Waals surface area (Å²) in [5.41, 5.74) is 0.887. The van der Waals surface area contributed by atoms with Crippen LogP contribution in [-0.4, -0.2) is 34.3 Å². The van der Waals surface area contributed by atoms with Gasteiger partial charge in [0.05, 0.1) is 0 Å². The van der Waals surface area contributed by atoms with Crippen molar-refractivity contribution in [1.29, 1.82) is 0 Å². The number of aliphatic hydroxyl groups is 1. The summed E-state index contributed by atoms with van der Waals surface area (Å²) in [5.74, 6) is 0.312. The van der Waals surface area contributed by atoms with Crippen LogP contribution in [0.3, 0.4) is 0 Å². The summed E-state index contributed by atoms with van der Waals surface area (Å²) < 4.78 is 0. The van der Waals surface area contributed by atoms with Crippen molar-refractivity contribution < 1.29 is 10.2 Å². The van der Waals surface area contributed by atoms with Gasteiger partial charge in [-0.2, -0.15) is 0 Å². The van der Waals surface area contributed by atoms with E-state index in [1.165, 1.54) is 12.8 Å². The Morgan fingerprint density at radius 2 is 2.22 bits per heavy atom. The Kier molecular flexibility index (Phi) is 4.87. The number of rotatable bonds is 5. The molecule has 100 valence electrons. The van der Waals surface area contributed by atoms with Gasteiger partial charge in [-0.15, -0.1) is 0 Å². The second kappa shape index (κ2) is 6.41. The summed E-state index contributed by atoms with van der Waals surface area (Å²) >= 11 is 5.96. The third-order valence-corrected chi connectivity index (χ3v) is 3.84. The fourth-order valence-electron chi connectivity index (χ4n) is 2.66. The van der Waals surface area contributed by atoms with Gasteiger partial charge in [-0.1, -0.05) is 11.6 Å². The highest BCUT2D eigenvalue weighted by molar-refractivity contribution is 6.30. The highest BCUT2D eigenvalue weighted by atomic mass is 35.5. The molecule has 0 spiro atoms. The Morgan fingerprint density at radius 3 is 3.00 bits per heavy atom. The topological polar surface area (TPSA) is 43.7 Å². The van der Waals surface area contributed by atoms with Crippen molar-refractivity contribution in [3.63, 3.8) is 0 Å². The van der Waals surface area contributed by atoms with E-state index in [-0.39, 0.29) is 6.61 Å². The molecule has 0 aliphatic carbocycles. The van der Waals surface area contributed by atoms with E-state index < -0.39 is 0 Å². The predicted octanol–water partition coefficient (Wildman–Crippen LogP) is 2.78. The number of nitrogens with zero attached hydrogens (tertiary/aromatic N) is 1. The summed E-state index contributed by atoms with van der Waals surface area (Å²) in [7, 11) is 0. The quantitative estimate of drug-likeness (QED) is 0.864. The Labute approximate surface area is 113 Å². The van der Waals surface area contributed by atoms with Crippen LogP contribution in [0.2, 0.25) is 5.02 Å². The van der Waals surface area contributed by atoms with Crippen LogP contribution >= 0.6 is 11.6 Å². The number of aromatic hydroxyl groups is 1. The lowest BCUT2D eigenvalue weighted by molar-refractivity contribution is 0.208. The molecule has 1 fully saturated rings. The normalized spacial score (nSPS) is 20.4. The smallest absolute Gasteiger partial charge is 0.120 e. The van der Waals surface area contributed by atoms with Gasteiger partial charge in [0, 0.05) is 29.8 Å². The number of phenols is 1. The molecule has 4 heteroatoms. The van der Waals surface area contributed by atoms with Gasteiger partial charge in [0.25, 0.3) is 0 Å². The largest absolute Gasteiger partial charge is 0.508 e. The van der Waals surface area contributed by atoms with Crippen molar-refractivity contribution in [2.45, 2.75) is 38.3 Å². The monoisotopic (exact) mass is 269 g/mol. The molecule has 0 saturated carbocycles. The third kappa shape index (κ3) is 3.37. The lowest BCUT2D eigenvalue weighted by Crippen LogP contribution is -2.29. The molecule has 3 nitrogen and oxygen atoms in total. The van der Waals surface area contributed by atoms with E-state index in [1.54, 1.807) is 12.1 Å². The number of likely N-dealkylation sites (tertiary alicyclic amines) is 1. The second-order valence-corrected chi connectivity index (χ2v) is 5.34. The number of benzene rings is 1. The molecule has 1 atom stereocenters. The molecule has 1 aromatic rings. The zero-order valence-corrected chi connectivity index (χ0v) is 11.2. The molecule has 1 heterocycles. The minimum atomic E-state index is 0.257. The Bertz CT molecular complexity index is 397. The Hall–Kier alpha value is -0.770. The van der Waals surface area contributed by atoms with Crippen LogP contribution < -0.4 is 0 Å². The van der Waals surface area contributed by atoms with Crippen LogP contribution in [0.4, 0.5) is 0 Å². The summed E-state index contributed by atoms with van der Waals surface area (Å²) in [6.45, 7) is 2.05. The Morgan fingerprint density at radius 1 is 1.39 bits per heavy atom. The van der Waals surface area contributed by atoms with E-state index in [9.17, 15) is 5.11 Å². The van der Waals surface area contributed by atoms with Crippen molar-refractivity contribution in [3.8, 4) is 5.75 Å². The minimum Gasteiger partial charge on any atom is -0.508 e. The molecule has 1 aliphatic heterocycles. The van der Waals surface area contributed by atoms with Gasteiger partial charge in [-0.3, -0.25) is 4.90 Å². The SMILES string of the molecule is OCCCC1CCCN1Cc1cc(Cl)ccc1O. The lowest BCUT2D eigenvalue weighted by Gasteiger charge is -2.24. The first-order valence-corrected chi connectivity index (χ1v) is 6.91. The molecular weight excluding hydrogens is 250 g/mol. The van der Waals surface area contributed by atoms with Gasteiger partial charge in [0.2, 0.25) is 0 Å². The van der Waals surface area contributed by atoms with Gasteiger partial charge < -0.3 is 10.2 Å². The van der Waals surface area contributed by atoms with Crippen molar-refractivity contribution in [3.05, 3.63) is 28.8 Å². The standard InChI is InChI=1S/C14H20ClNO2/c15-12-5-6-14(18)11(9-12)10-16-7-1-3-13(16)4-2-8-17/h5-6,9,13,17-18H,1-4,7-8,10H2. The molecular formula is C14H20ClNO2. The third-order valence-electron chi connectivity index (χ3n) is 3.61. The van der Waals surface area contributed by atoms with E-state index >= 15 is 0 Å². The molecule has 2 N–H and O–H groups in total. The lowest BCUT2D eigenvalue weighted by atomic mass is 10.1. The van der Waals surface area contributed by atoms with E-state index in [4.69, 9.17) is 16.7 Å². The maximum Gasteiger partial charge on any atom is 0.120 e. The molecule has 1 aromatic carbocycles. The number of hydrogen-bond donors (Lipinski definition) is 2. The summed E-state index contributed by atoms with van der Waals surface area (Å²) in [5, 5.41) is 19.4. The minimum absolute atomic E-state index is 0.257. The fourth-order valence-corrected chi connectivity index (χ4v) is 2.85. The highest BCUT2D eigenvalue weighted by Gasteiger charge is 2.24. The molecule has 2 rings (SSSR count). The van der Waals surface area contributed by atoms with Gasteiger partial charge in [-0.25, -0.2) is 0 Å². The first kappa shape index (κ1) is 13.7. The predicted molar refractivity (Wildman–Crippen MR) is 72.9 cm³/mol. The Balaban J connectivity index is 2.01. The maximum atomic E-state index is 9.83. The van der Waals surface area contributed by atoms with Crippen molar-refractivity contribution in [2.24, 2.45) is 0 Å². The van der Waals surface area contributed by atoms with Crippen LogP contribution in [0.5, 0.6) is 5.75 Å². The average molecular weight is 270 g/mol. The van der Waals surface area contributed by atoms with Crippen LogP contribution in [0.15, 0.2) is 18.2 Å². The zero-order chi connectivity index (χ0) is 13.0.